The maximum absolute atomic E-state index is 13.8. The SMILES string of the molecule is CC1(C)CC(=O)C2=C(C1)N(CCc1ccccc1)C1=C(C(=O)CC(C)(C)C1)C2c1cccc(O)c1. The van der Waals surface area contributed by atoms with Crippen LogP contribution in [0.1, 0.15) is 70.4 Å². The molecule has 0 saturated heterocycles. The van der Waals surface area contributed by atoms with E-state index in [1.807, 2.05) is 12.1 Å². The van der Waals surface area contributed by atoms with Crippen molar-refractivity contribution in [1.29, 1.82) is 0 Å². The summed E-state index contributed by atoms with van der Waals surface area (Å²) in [6.45, 7) is 9.38. The van der Waals surface area contributed by atoms with E-state index in [9.17, 15) is 14.7 Å². The summed E-state index contributed by atoms with van der Waals surface area (Å²) in [4.78, 5) is 29.8. The molecule has 2 aromatic carbocycles. The molecule has 1 heterocycles. The van der Waals surface area contributed by atoms with E-state index in [4.69, 9.17) is 0 Å². The molecule has 0 atom stereocenters. The van der Waals surface area contributed by atoms with Crippen molar-refractivity contribution in [2.75, 3.05) is 6.54 Å². The Morgan fingerprint density at radius 3 is 1.91 bits per heavy atom. The number of nitrogens with zero attached hydrogens (tertiary/aromatic N) is 1. The normalized spacial score (nSPS) is 21.8. The van der Waals surface area contributed by atoms with Gasteiger partial charge in [0.25, 0.3) is 0 Å². The van der Waals surface area contributed by atoms with Crippen LogP contribution in [0.5, 0.6) is 5.75 Å². The summed E-state index contributed by atoms with van der Waals surface area (Å²) in [7, 11) is 0. The number of rotatable bonds is 4. The molecule has 182 valence electrons. The molecule has 2 aliphatic carbocycles. The van der Waals surface area contributed by atoms with E-state index in [0.717, 1.165) is 53.9 Å². The lowest BCUT2D eigenvalue weighted by Crippen LogP contribution is -2.45. The summed E-state index contributed by atoms with van der Waals surface area (Å²) < 4.78 is 0. The Bertz CT molecular complexity index is 1190. The van der Waals surface area contributed by atoms with Gasteiger partial charge in [0, 0.05) is 47.8 Å². The fourth-order valence-electron chi connectivity index (χ4n) is 6.24. The van der Waals surface area contributed by atoms with E-state index >= 15 is 0 Å². The van der Waals surface area contributed by atoms with Gasteiger partial charge in [-0.15, -0.1) is 0 Å². The van der Waals surface area contributed by atoms with E-state index in [0.29, 0.717) is 12.8 Å². The van der Waals surface area contributed by atoms with Crippen LogP contribution in [-0.2, 0) is 16.0 Å². The van der Waals surface area contributed by atoms with Gasteiger partial charge in [0.1, 0.15) is 5.75 Å². The molecule has 0 saturated carbocycles. The quantitative estimate of drug-likeness (QED) is 0.569. The van der Waals surface area contributed by atoms with Gasteiger partial charge >= 0.3 is 0 Å². The van der Waals surface area contributed by atoms with Crippen LogP contribution < -0.4 is 0 Å². The third-order valence-corrected chi connectivity index (χ3v) is 7.69. The number of carbonyl (C=O) groups is 2. The third-order valence-electron chi connectivity index (χ3n) is 7.69. The lowest BCUT2D eigenvalue weighted by atomic mass is 9.63. The van der Waals surface area contributed by atoms with Gasteiger partial charge in [0.15, 0.2) is 11.6 Å². The molecule has 1 aliphatic heterocycles. The van der Waals surface area contributed by atoms with E-state index in [1.54, 1.807) is 18.2 Å². The van der Waals surface area contributed by atoms with Crippen LogP contribution in [-0.4, -0.2) is 28.1 Å². The zero-order valence-corrected chi connectivity index (χ0v) is 21.2. The lowest BCUT2D eigenvalue weighted by Gasteiger charge is -2.49. The Morgan fingerprint density at radius 2 is 1.37 bits per heavy atom. The van der Waals surface area contributed by atoms with Crippen LogP contribution in [0.2, 0.25) is 0 Å². The average Bonchev–Trinajstić information content (AvgIpc) is 2.76. The first-order chi connectivity index (χ1) is 16.5. The Hall–Kier alpha value is -3.14. The Labute approximate surface area is 208 Å². The van der Waals surface area contributed by atoms with Gasteiger partial charge in [-0.05, 0) is 53.4 Å². The second-order valence-electron chi connectivity index (χ2n) is 12.0. The molecule has 0 radical (unpaired) electrons. The molecule has 0 fully saturated rings. The fourth-order valence-corrected chi connectivity index (χ4v) is 6.24. The van der Waals surface area contributed by atoms with Crippen molar-refractivity contribution in [3.05, 3.63) is 88.3 Å². The number of allylic oxidation sites excluding steroid dienone is 4. The van der Waals surface area contributed by atoms with Gasteiger partial charge in [-0.1, -0.05) is 70.2 Å². The van der Waals surface area contributed by atoms with Gasteiger partial charge < -0.3 is 10.0 Å². The van der Waals surface area contributed by atoms with E-state index in [1.165, 1.54) is 5.56 Å². The number of benzene rings is 2. The molecule has 4 nitrogen and oxygen atoms in total. The monoisotopic (exact) mass is 469 g/mol. The molecule has 2 aromatic rings. The Kier molecular flexibility index (Phi) is 5.74. The summed E-state index contributed by atoms with van der Waals surface area (Å²) in [6, 6.07) is 17.5. The number of aromatic hydroxyl groups is 1. The first-order valence-electron chi connectivity index (χ1n) is 12.7. The zero-order valence-electron chi connectivity index (χ0n) is 21.2. The van der Waals surface area contributed by atoms with Gasteiger partial charge in [-0.25, -0.2) is 0 Å². The summed E-state index contributed by atoms with van der Waals surface area (Å²) in [6.07, 6.45) is 3.37. The maximum atomic E-state index is 13.8. The number of carbonyl (C=O) groups excluding carboxylic acids is 2. The van der Waals surface area contributed by atoms with Crippen molar-refractivity contribution >= 4 is 11.6 Å². The zero-order chi connectivity index (χ0) is 25.0. The van der Waals surface area contributed by atoms with Crippen LogP contribution in [0.3, 0.4) is 0 Å². The van der Waals surface area contributed by atoms with Crippen molar-refractivity contribution in [3.8, 4) is 5.75 Å². The highest BCUT2D eigenvalue weighted by Gasteiger charge is 2.48. The van der Waals surface area contributed by atoms with Crippen molar-refractivity contribution in [3.63, 3.8) is 0 Å². The molecule has 1 N–H and O–H groups in total. The maximum Gasteiger partial charge on any atom is 0.162 e. The second-order valence-corrected chi connectivity index (χ2v) is 12.0. The standard InChI is InChI=1S/C31H35NO3/c1-30(2)16-23-28(25(34)18-30)27(21-11-8-12-22(33)15-21)29-24(17-31(3,4)19-26(29)35)32(23)14-13-20-9-6-5-7-10-20/h5-12,15,27,33H,13-14,16-19H2,1-4H3. The summed E-state index contributed by atoms with van der Waals surface area (Å²) >= 11 is 0. The third kappa shape index (κ3) is 4.47. The fraction of sp³-hybridized carbons (Fsp3) is 0.419. The summed E-state index contributed by atoms with van der Waals surface area (Å²) in [5.41, 5.74) is 5.44. The highest BCUT2D eigenvalue weighted by atomic mass is 16.3. The molecule has 35 heavy (non-hydrogen) atoms. The van der Waals surface area contributed by atoms with E-state index < -0.39 is 5.92 Å². The molecule has 4 heteroatoms. The van der Waals surface area contributed by atoms with Crippen LogP contribution in [0.4, 0.5) is 0 Å². The predicted octanol–water partition coefficient (Wildman–Crippen LogP) is 6.32. The summed E-state index contributed by atoms with van der Waals surface area (Å²) in [5.74, 6) is -0.00488. The molecular formula is C31H35NO3. The highest BCUT2D eigenvalue weighted by Crippen LogP contribution is 2.54. The van der Waals surface area contributed by atoms with Crippen LogP contribution in [0.25, 0.3) is 0 Å². The van der Waals surface area contributed by atoms with E-state index in [-0.39, 0.29) is 28.1 Å². The Balaban J connectivity index is 1.70. The first-order valence-corrected chi connectivity index (χ1v) is 12.7. The van der Waals surface area contributed by atoms with Crippen LogP contribution in [0, 0.1) is 10.8 Å². The van der Waals surface area contributed by atoms with Gasteiger partial charge in [-0.2, -0.15) is 0 Å². The number of hydrogen-bond donors (Lipinski definition) is 1. The molecule has 0 aromatic heterocycles. The van der Waals surface area contributed by atoms with Gasteiger partial charge in [-0.3, -0.25) is 9.59 Å². The van der Waals surface area contributed by atoms with Crippen molar-refractivity contribution in [2.24, 2.45) is 10.8 Å². The summed E-state index contributed by atoms with van der Waals surface area (Å²) in [5, 5.41) is 10.3. The van der Waals surface area contributed by atoms with Gasteiger partial charge in [0.2, 0.25) is 0 Å². The van der Waals surface area contributed by atoms with Crippen molar-refractivity contribution < 1.29 is 14.7 Å². The molecule has 0 unspecified atom stereocenters. The van der Waals surface area contributed by atoms with Crippen molar-refractivity contribution in [2.45, 2.75) is 65.7 Å². The second kappa shape index (κ2) is 8.51. The van der Waals surface area contributed by atoms with Crippen LogP contribution in [0.15, 0.2) is 77.1 Å². The van der Waals surface area contributed by atoms with E-state index in [2.05, 4.69) is 56.9 Å². The van der Waals surface area contributed by atoms with Crippen molar-refractivity contribution in [1.82, 2.24) is 4.90 Å². The molecule has 0 bridgehead atoms. The molecule has 0 spiro atoms. The predicted molar refractivity (Wildman–Crippen MR) is 138 cm³/mol. The first kappa shape index (κ1) is 23.6. The minimum absolute atomic E-state index is 0.124. The minimum Gasteiger partial charge on any atom is -0.508 e. The van der Waals surface area contributed by atoms with Crippen LogP contribution >= 0.6 is 0 Å². The smallest absolute Gasteiger partial charge is 0.162 e. The lowest BCUT2D eigenvalue weighted by molar-refractivity contribution is -0.119. The molecule has 3 aliphatic rings. The Morgan fingerprint density at radius 1 is 0.800 bits per heavy atom. The number of Topliss-reactive ketones (excluding diaryl/α,β-unsaturated/α-hetero) is 2. The molecule has 0 amide bonds. The highest BCUT2D eigenvalue weighted by molar-refractivity contribution is 6.06. The number of phenols is 1. The van der Waals surface area contributed by atoms with Gasteiger partial charge in [0.05, 0.1) is 0 Å². The number of phenolic OH excluding ortho intramolecular Hbond substituents is 1. The number of ketones is 2. The largest absolute Gasteiger partial charge is 0.508 e. The minimum atomic E-state index is -0.410. The average molecular weight is 470 g/mol. The molecular weight excluding hydrogens is 434 g/mol. The topological polar surface area (TPSA) is 57.6 Å². The number of hydrogen-bond acceptors (Lipinski definition) is 4. The molecule has 5 rings (SSSR count).